The Kier molecular flexibility index (Phi) is 7.52. The van der Waals surface area contributed by atoms with E-state index in [-0.39, 0.29) is 5.69 Å². The maximum absolute atomic E-state index is 13.2. The number of thioether (sulfide) groups is 1. The molecular weight excluding hydrogens is 488 g/mol. The maximum atomic E-state index is 13.2. The van der Waals surface area contributed by atoms with Crippen molar-refractivity contribution in [3.63, 3.8) is 0 Å². The van der Waals surface area contributed by atoms with E-state index in [0.717, 1.165) is 17.1 Å². The average molecular weight is 511 g/mol. The molecule has 11 heteroatoms. The third-order valence-corrected chi connectivity index (χ3v) is 6.10. The number of nitrogens with one attached hydrogen (secondary N) is 1. The number of aromatic nitrogens is 5. The predicted molar refractivity (Wildman–Crippen MR) is 135 cm³/mol. The van der Waals surface area contributed by atoms with Crippen LogP contribution in [0.1, 0.15) is 27.6 Å². The van der Waals surface area contributed by atoms with Crippen LogP contribution in [0.4, 0.5) is 5.69 Å². The molecule has 4 rings (SSSR count). The number of hydrogen-bond acceptors (Lipinski definition) is 8. The van der Waals surface area contributed by atoms with Gasteiger partial charge in [0, 0.05) is 33.9 Å². The van der Waals surface area contributed by atoms with E-state index in [1.54, 1.807) is 42.1 Å². The molecule has 0 saturated heterocycles. The molecule has 0 atom stereocenters. The molecular formula is C24H23ClN6O3S. The fourth-order valence-electron chi connectivity index (χ4n) is 3.39. The highest BCUT2D eigenvalue weighted by atomic mass is 35.5. The molecule has 0 spiro atoms. The molecule has 0 aliphatic rings. The van der Waals surface area contributed by atoms with Crippen LogP contribution in [0.2, 0.25) is 5.02 Å². The molecule has 9 nitrogen and oxygen atoms in total. The maximum Gasteiger partial charge on any atom is 0.278 e. The van der Waals surface area contributed by atoms with Gasteiger partial charge < -0.3 is 14.8 Å². The van der Waals surface area contributed by atoms with Crippen molar-refractivity contribution in [3.05, 3.63) is 76.3 Å². The van der Waals surface area contributed by atoms with Gasteiger partial charge in [0.25, 0.3) is 5.91 Å². The van der Waals surface area contributed by atoms with Crippen LogP contribution >= 0.6 is 23.4 Å². The Morgan fingerprint density at radius 1 is 1.00 bits per heavy atom. The number of aryl methyl sites for hydroxylation is 2. The average Bonchev–Trinajstić information content (AvgIpc) is 3.26. The van der Waals surface area contributed by atoms with Crippen LogP contribution in [-0.2, 0) is 5.75 Å². The number of anilines is 1. The summed E-state index contributed by atoms with van der Waals surface area (Å²) < 4.78 is 12.2. The number of hydrogen-bond donors (Lipinski definition) is 1. The van der Waals surface area contributed by atoms with Crippen molar-refractivity contribution in [2.75, 3.05) is 19.5 Å². The zero-order valence-electron chi connectivity index (χ0n) is 19.6. The van der Waals surface area contributed by atoms with E-state index < -0.39 is 5.91 Å². The molecule has 2 heterocycles. The minimum atomic E-state index is -0.408. The number of carbonyl (C=O) groups is 1. The molecule has 2 aromatic carbocycles. The number of methoxy groups -OCH3 is 2. The molecule has 0 saturated carbocycles. The number of nitrogens with zero attached hydrogens (tertiary/aromatic N) is 5. The number of rotatable bonds is 8. The third kappa shape index (κ3) is 5.72. The Balaban J connectivity index is 1.66. The van der Waals surface area contributed by atoms with Crippen molar-refractivity contribution in [3.8, 4) is 17.2 Å². The summed E-state index contributed by atoms with van der Waals surface area (Å²) in [6.07, 6.45) is 0. The van der Waals surface area contributed by atoms with Crippen LogP contribution in [0.3, 0.4) is 0 Å². The van der Waals surface area contributed by atoms with Crippen LogP contribution < -0.4 is 14.8 Å². The van der Waals surface area contributed by atoms with Gasteiger partial charge in [-0.25, -0.2) is 14.6 Å². The lowest BCUT2D eigenvalue weighted by Crippen LogP contribution is -2.15. The van der Waals surface area contributed by atoms with E-state index in [1.807, 2.05) is 32.0 Å². The Morgan fingerprint density at radius 3 is 2.34 bits per heavy atom. The molecule has 4 aromatic rings. The van der Waals surface area contributed by atoms with Gasteiger partial charge >= 0.3 is 0 Å². The van der Waals surface area contributed by atoms with Crippen molar-refractivity contribution in [1.29, 1.82) is 0 Å². The summed E-state index contributed by atoms with van der Waals surface area (Å²) in [4.78, 5) is 22.2. The van der Waals surface area contributed by atoms with E-state index in [4.69, 9.17) is 21.1 Å². The van der Waals surface area contributed by atoms with Gasteiger partial charge in [0.1, 0.15) is 0 Å². The lowest BCUT2D eigenvalue weighted by atomic mass is 10.2. The second kappa shape index (κ2) is 10.7. The minimum Gasteiger partial charge on any atom is -0.493 e. The molecule has 0 fully saturated rings. The fraction of sp³-hybridized carbons (Fsp3) is 0.208. The largest absolute Gasteiger partial charge is 0.493 e. The van der Waals surface area contributed by atoms with Gasteiger partial charge in [-0.1, -0.05) is 28.6 Å². The lowest BCUT2D eigenvalue weighted by Gasteiger charge is -2.11. The molecule has 1 N–H and O–H groups in total. The number of ether oxygens (including phenoxy) is 2. The van der Waals surface area contributed by atoms with Crippen LogP contribution in [0.25, 0.3) is 5.69 Å². The first-order valence-electron chi connectivity index (χ1n) is 10.6. The summed E-state index contributed by atoms with van der Waals surface area (Å²) in [5, 5.41) is 12.5. The molecule has 1 amide bonds. The molecule has 0 aliphatic carbocycles. The Hall–Kier alpha value is -3.63. The van der Waals surface area contributed by atoms with Crippen LogP contribution in [0.15, 0.2) is 53.7 Å². The van der Waals surface area contributed by atoms with Gasteiger partial charge in [-0.3, -0.25) is 4.79 Å². The molecule has 2 aromatic heterocycles. The van der Waals surface area contributed by atoms with E-state index in [2.05, 4.69) is 25.6 Å². The quantitative estimate of drug-likeness (QED) is 0.264. The highest BCUT2D eigenvalue weighted by Crippen LogP contribution is 2.30. The standard InChI is InChI=1S/C24H23ClN6O3S/c1-14-11-15(2)27-24(26-14)35-13-19-22(29-30-31(19)18-8-5-16(25)6-9-18)23(32)28-17-7-10-20(33-3)21(12-17)34-4/h5-12H,13H2,1-4H3,(H,28,32). The highest BCUT2D eigenvalue weighted by molar-refractivity contribution is 7.98. The molecule has 0 bridgehead atoms. The number of amides is 1. The first-order chi connectivity index (χ1) is 16.9. The second-order valence-electron chi connectivity index (χ2n) is 7.52. The summed E-state index contributed by atoms with van der Waals surface area (Å²) >= 11 is 7.45. The summed E-state index contributed by atoms with van der Waals surface area (Å²) in [5.41, 5.74) is 3.78. The van der Waals surface area contributed by atoms with E-state index >= 15 is 0 Å². The van der Waals surface area contributed by atoms with Crippen LogP contribution in [-0.4, -0.2) is 45.1 Å². The predicted octanol–water partition coefficient (Wildman–Crippen LogP) is 4.89. The highest BCUT2D eigenvalue weighted by Gasteiger charge is 2.22. The van der Waals surface area contributed by atoms with E-state index in [9.17, 15) is 4.79 Å². The van der Waals surface area contributed by atoms with E-state index in [0.29, 0.717) is 38.8 Å². The minimum absolute atomic E-state index is 0.187. The molecule has 0 radical (unpaired) electrons. The van der Waals surface area contributed by atoms with E-state index in [1.165, 1.54) is 18.9 Å². The monoisotopic (exact) mass is 510 g/mol. The fourth-order valence-corrected chi connectivity index (χ4v) is 4.46. The Labute approximate surface area is 211 Å². The summed E-state index contributed by atoms with van der Waals surface area (Å²) in [5.74, 6) is 1.02. The van der Waals surface area contributed by atoms with Crippen LogP contribution in [0.5, 0.6) is 11.5 Å². The van der Waals surface area contributed by atoms with Gasteiger partial charge in [0.2, 0.25) is 0 Å². The number of benzene rings is 2. The van der Waals surface area contributed by atoms with Crippen LogP contribution in [0, 0.1) is 13.8 Å². The van der Waals surface area contributed by atoms with Gasteiger partial charge in [0.05, 0.1) is 25.6 Å². The smallest absolute Gasteiger partial charge is 0.278 e. The first kappa shape index (κ1) is 24.5. The summed E-state index contributed by atoms with van der Waals surface area (Å²) in [7, 11) is 3.08. The number of halogens is 1. The van der Waals surface area contributed by atoms with Gasteiger partial charge in [0.15, 0.2) is 22.3 Å². The Bertz CT molecular complexity index is 1340. The summed E-state index contributed by atoms with van der Waals surface area (Å²) in [6.45, 7) is 3.83. The zero-order chi connectivity index (χ0) is 24.9. The number of carbonyl (C=O) groups excluding carboxylic acids is 1. The normalized spacial score (nSPS) is 10.8. The molecule has 0 aliphatic heterocycles. The molecule has 35 heavy (non-hydrogen) atoms. The van der Waals surface area contributed by atoms with Crippen molar-refractivity contribution in [2.24, 2.45) is 0 Å². The van der Waals surface area contributed by atoms with Gasteiger partial charge in [-0.15, -0.1) is 5.10 Å². The Morgan fingerprint density at radius 2 is 1.69 bits per heavy atom. The topological polar surface area (TPSA) is 104 Å². The van der Waals surface area contributed by atoms with Crippen molar-refractivity contribution < 1.29 is 14.3 Å². The second-order valence-corrected chi connectivity index (χ2v) is 8.90. The molecule has 0 unspecified atom stereocenters. The van der Waals surface area contributed by atoms with Gasteiger partial charge in [-0.2, -0.15) is 0 Å². The SMILES string of the molecule is COc1ccc(NC(=O)c2nnn(-c3ccc(Cl)cc3)c2CSc2nc(C)cc(C)n2)cc1OC. The van der Waals surface area contributed by atoms with Crippen molar-refractivity contribution >= 4 is 35.0 Å². The third-order valence-electron chi connectivity index (χ3n) is 4.99. The van der Waals surface area contributed by atoms with Crippen molar-refractivity contribution in [1.82, 2.24) is 25.0 Å². The van der Waals surface area contributed by atoms with Gasteiger partial charge in [-0.05, 0) is 56.3 Å². The first-order valence-corrected chi connectivity index (χ1v) is 11.9. The summed E-state index contributed by atoms with van der Waals surface area (Å²) in [6, 6.07) is 14.2. The van der Waals surface area contributed by atoms with Crippen molar-refractivity contribution in [2.45, 2.75) is 24.8 Å². The zero-order valence-corrected chi connectivity index (χ0v) is 21.1. The molecule has 180 valence electrons. The lowest BCUT2D eigenvalue weighted by molar-refractivity contribution is 0.102.